The van der Waals surface area contributed by atoms with Gasteiger partial charge in [0.05, 0.1) is 18.8 Å². The van der Waals surface area contributed by atoms with Gasteiger partial charge < -0.3 is 15.5 Å². The summed E-state index contributed by atoms with van der Waals surface area (Å²) in [6.07, 6.45) is 84.5. The molecular formula is C65H123NO3. The molecule has 4 nitrogen and oxygen atoms in total. The average molecular weight is 967 g/mol. The first-order chi connectivity index (χ1) is 34.2. The number of hydrogen-bond donors (Lipinski definition) is 3. The maximum atomic E-state index is 12.5. The van der Waals surface area contributed by atoms with Gasteiger partial charge in [-0.1, -0.05) is 313 Å². The van der Waals surface area contributed by atoms with Crippen molar-refractivity contribution in [2.45, 2.75) is 353 Å². The van der Waals surface area contributed by atoms with Crippen LogP contribution in [-0.4, -0.2) is 34.9 Å². The molecule has 0 saturated carbocycles. The second kappa shape index (κ2) is 60.7. The van der Waals surface area contributed by atoms with E-state index in [4.69, 9.17) is 0 Å². The highest BCUT2D eigenvalue weighted by Crippen LogP contribution is 2.17. The Morgan fingerprint density at radius 2 is 0.565 bits per heavy atom. The number of carbonyl (C=O) groups is 1. The minimum Gasteiger partial charge on any atom is -0.394 e. The normalized spacial score (nSPS) is 13.0. The van der Waals surface area contributed by atoms with Crippen molar-refractivity contribution in [3.63, 3.8) is 0 Å². The molecule has 3 N–H and O–H groups in total. The smallest absolute Gasteiger partial charge is 0.220 e. The number of unbranched alkanes of at least 4 members (excludes halogenated alkanes) is 45. The van der Waals surface area contributed by atoms with Crippen molar-refractivity contribution >= 4 is 5.91 Å². The van der Waals surface area contributed by atoms with Gasteiger partial charge >= 0.3 is 0 Å². The van der Waals surface area contributed by atoms with Gasteiger partial charge in [-0.3, -0.25) is 4.79 Å². The number of allylic oxidation sites excluding steroid dienone is 7. The minimum absolute atomic E-state index is 0.0726. The van der Waals surface area contributed by atoms with Crippen LogP contribution in [0, 0.1) is 0 Å². The molecule has 2 unspecified atom stereocenters. The molecule has 0 radical (unpaired) electrons. The highest BCUT2D eigenvalue weighted by Gasteiger charge is 2.18. The summed E-state index contributed by atoms with van der Waals surface area (Å²) in [6.45, 7) is 4.33. The lowest BCUT2D eigenvalue weighted by molar-refractivity contribution is -0.123. The zero-order valence-electron chi connectivity index (χ0n) is 46.8. The van der Waals surface area contributed by atoms with Gasteiger partial charge in [0.1, 0.15) is 0 Å². The van der Waals surface area contributed by atoms with Crippen molar-refractivity contribution in [2.75, 3.05) is 6.61 Å². The van der Waals surface area contributed by atoms with E-state index in [1.54, 1.807) is 6.08 Å². The van der Waals surface area contributed by atoms with Crippen LogP contribution in [-0.2, 0) is 4.79 Å². The van der Waals surface area contributed by atoms with Crippen LogP contribution in [0.25, 0.3) is 0 Å². The molecule has 0 rings (SSSR count). The molecule has 0 spiro atoms. The van der Waals surface area contributed by atoms with Gasteiger partial charge in [-0.15, -0.1) is 0 Å². The topological polar surface area (TPSA) is 69.6 Å². The van der Waals surface area contributed by atoms with E-state index in [0.29, 0.717) is 6.42 Å². The molecule has 406 valence electrons. The summed E-state index contributed by atoms with van der Waals surface area (Å²) in [5.41, 5.74) is 0. The molecule has 0 aromatic heterocycles. The van der Waals surface area contributed by atoms with Crippen LogP contribution >= 0.6 is 0 Å². The van der Waals surface area contributed by atoms with E-state index in [0.717, 1.165) is 38.5 Å². The van der Waals surface area contributed by atoms with Gasteiger partial charge in [0.2, 0.25) is 5.91 Å². The fourth-order valence-corrected chi connectivity index (χ4v) is 9.74. The van der Waals surface area contributed by atoms with E-state index in [1.165, 1.54) is 283 Å². The van der Waals surface area contributed by atoms with Crippen molar-refractivity contribution in [1.29, 1.82) is 0 Å². The largest absolute Gasteiger partial charge is 0.394 e. The minimum atomic E-state index is -0.871. The van der Waals surface area contributed by atoms with Crippen LogP contribution in [0.3, 0.4) is 0 Å². The number of hydrogen-bond acceptors (Lipinski definition) is 3. The average Bonchev–Trinajstić information content (AvgIpc) is 3.35. The molecule has 0 aromatic carbocycles. The van der Waals surface area contributed by atoms with Crippen molar-refractivity contribution < 1.29 is 15.0 Å². The van der Waals surface area contributed by atoms with Crippen molar-refractivity contribution in [2.24, 2.45) is 0 Å². The van der Waals surface area contributed by atoms with E-state index in [1.807, 2.05) is 6.08 Å². The van der Waals surface area contributed by atoms with E-state index >= 15 is 0 Å². The molecule has 2 atom stereocenters. The number of amides is 1. The lowest BCUT2D eigenvalue weighted by Crippen LogP contribution is -2.45. The van der Waals surface area contributed by atoms with E-state index in [-0.39, 0.29) is 12.5 Å². The molecule has 69 heavy (non-hydrogen) atoms. The first-order valence-corrected chi connectivity index (χ1v) is 31.4. The summed E-state index contributed by atoms with van der Waals surface area (Å²) in [5.74, 6) is -0.0726. The Balaban J connectivity index is 3.51. The molecule has 0 bridgehead atoms. The maximum Gasteiger partial charge on any atom is 0.220 e. The molecule has 4 heteroatoms. The number of aliphatic hydroxyl groups is 2. The van der Waals surface area contributed by atoms with Crippen LogP contribution in [0.5, 0.6) is 0 Å². The number of rotatable bonds is 58. The molecule has 0 heterocycles. The molecule has 0 aliphatic rings. The lowest BCUT2D eigenvalue weighted by atomic mass is 10.0. The molecule has 0 saturated heterocycles. The second-order valence-electron chi connectivity index (χ2n) is 21.5. The van der Waals surface area contributed by atoms with Crippen LogP contribution in [0.2, 0.25) is 0 Å². The molecule has 0 aliphatic heterocycles. The summed E-state index contributed by atoms with van der Waals surface area (Å²) in [5, 5.41) is 23.2. The maximum absolute atomic E-state index is 12.5. The number of aliphatic hydroxyl groups excluding tert-OH is 2. The second-order valence-corrected chi connectivity index (χ2v) is 21.5. The Labute approximate surface area is 433 Å². The third-order valence-corrected chi connectivity index (χ3v) is 14.5. The quantitative estimate of drug-likeness (QED) is 0.0420. The Bertz CT molecular complexity index is 1090. The van der Waals surface area contributed by atoms with Gasteiger partial charge in [0, 0.05) is 6.42 Å². The van der Waals surface area contributed by atoms with Gasteiger partial charge in [0.15, 0.2) is 0 Å². The van der Waals surface area contributed by atoms with Gasteiger partial charge in [0.25, 0.3) is 0 Å². The van der Waals surface area contributed by atoms with Gasteiger partial charge in [-0.2, -0.15) is 0 Å². The Morgan fingerprint density at radius 3 is 0.841 bits per heavy atom. The summed E-state index contributed by atoms with van der Waals surface area (Å²) in [7, 11) is 0. The summed E-state index contributed by atoms with van der Waals surface area (Å²) in [6, 6.07) is -0.647. The SMILES string of the molecule is CCCCCCCCCC/C=C\CCCCCCCCCCCCCCCCCCCC(=O)NC(CO)C(O)/C=C/CC/C=C/CC/C=C/CCCCCCCCCCCCCCCCCCCC. The van der Waals surface area contributed by atoms with E-state index < -0.39 is 12.1 Å². The molecule has 0 fully saturated rings. The first kappa shape index (κ1) is 67.3. The standard InChI is InChI=1S/C65H123NO3/c1-3-5-7-9-11-13-15-17-19-21-23-25-27-29-31-33-35-37-39-41-43-45-47-49-51-53-55-57-59-61-65(69)66-63(62-67)64(68)60-58-56-54-52-50-48-46-44-42-40-38-36-34-32-30-28-26-24-22-20-18-16-14-12-10-8-6-4-2/h21,23,42,44,50,52,58,60,63-64,67-68H,3-20,22,24-41,43,45-49,51,53-57,59,61-62H2,1-2H3,(H,66,69)/b23-21-,44-42+,52-50+,60-58+. The zero-order chi connectivity index (χ0) is 49.9. The molecule has 0 aliphatic carbocycles. The fourth-order valence-electron chi connectivity index (χ4n) is 9.74. The fraction of sp³-hybridized carbons (Fsp3) is 0.862. The molecular weight excluding hydrogens is 843 g/mol. The highest BCUT2D eigenvalue weighted by molar-refractivity contribution is 5.76. The summed E-state index contributed by atoms with van der Waals surface area (Å²) in [4.78, 5) is 12.5. The number of nitrogens with one attached hydrogen (secondary N) is 1. The highest BCUT2D eigenvalue weighted by atomic mass is 16.3. The Morgan fingerprint density at radius 1 is 0.333 bits per heavy atom. The van der Waals surface area contributed by atoms with Crippen molar-refractivity contribution in [3.8, 4) is 0 Å². The summed E-state index contributed by atoms with van der Waals surface area (Å²) >= 11 is 0. The van der Waals surface area contributed by atoms with Crippen molar-refractivity contribution in [3.05, 3.63) is 48.6 Å². The monoisotopic (exact) mass is 966 g/mol. The van der Waals surface area contributed by atoms with Gasteiger partial charge in [-0.25, -0.2) is 0 Å². The summed E-state index contributed by atoms with van der Waals surface area (Å²) < 4.78 is 0. The third-order valence-electron chi connectivity index (χ3n) is 14.5. The predicted molar refractivity (Wildman–Crippen MR) is 308 cm³/mol. The van der Waals surface area contributed by atoms with Gasteiger partial charge in [-0.05, 0) is 70.6 Å². The van der Waals surface area contributed by atoms with Crippen LogP contribution in [0.4, 0.5) is 0 Å². The van der Waals surface area contributed by atoms with Crippen LogP contribution < -0.4 is 5.32 Å². The van der Waals surface area contributed by atoms with Crippen LogP contribution in [0.15, 0.2) is 48.6 Å². The van der Waals surface area contributed by atoms with E-state index in [2.05, 4.69) is 55.6 Å². The predicted octanol–water partition coefficient (Wildman–Crippen LogP) is 21.0. The van der Waals surface area contributed by atoms with Crippen LogP contribution in [0.1, 0.15) is 341 Å². The molecule has 0 aromatic rings. The first-order valence-electron chi connectivity index (χ1n) is 31.4. The Hall–Kier alpha value is -1.65. The third kappa shape index (κ3) is 57.1. The zero-order valence-corrected chi connectivity index (χ0v) is 46.8. The Kier molecular flexibility index (Phi) is 59.2. The number of carbonyl (C=O) groups excluding carboxylic acids is 1. The van der Waals surface area contributed by atoms with Crippen molar-refractivity contribution in [1.82, 2.24) is 5.32 Å². The lowest BCUT2D eigenvalue weighted by Gasteiger charge is -2.19. The van der Waals surface area contributed by atoms with E-state index in [9.17, 15) is 15.0 Å². The molecule has 1 amide bonds.